The van der Waals surface area contributed by atoms with Gasteiger partial charge in [0.2, 0.25) is 5.43 Å². The lowest BCUT2D eigenvalue weighted by Crippen LogP contribution is -2.29. The summed E-state index contributed by atoms with van der Waals surface area (Å²) in [6.07, 6.45) is 3.91. The van der Waals surface area contributed by atoms with Gasteiger partial charge in [0.25, 0.3) is 0 Å². The van der Waals surface area contributed by atoms with Gasteiger partial charge in [-0.2, -0.15) is 0 Å². The lowest BCUT2D eigenvalue weighted by Gasteiger charge is -2.28. The number of nitrogens with two attached hydrogens (primary N) is 2. The first-order chi connectivity index (χ1) is 16.1. The van der Waals surface area contributed by atoms with Crippen molar-refractivity contribution in [2.75, 3.05) is 24.6 Å². The second kappa shape index (κ2) is 11.8. The van der Waals surface area contributed by atoms with E-state index in [0.29, 0.717) is 36.6 Å². The molecule has 10 heteroatoms. The van der Waals surface area contributed by atoms with Crippen molar-refractivity contribution in [3.8, 4) is 5.75 Å². The molecule has 0 radical (unpaired) electrons. The van der Waals surface area contributed by atoms with Gasteiger partial charge in [-0.15, -0.1) is 0 Å². The fourth-order valence-corrected chi connectivity index (χ4v) is 3.92. The van der Waals surface area contributed by atoms with E-state index in [1.807, 2.05) is 38.7 Å². The number of carbonyl (C=O) groups is 1. The predicted octanol–water partition coefficient (Wildman–Crippen LogP) is 2.73. The minimum absolute atomic E-state index is 0.0225. The van der Waals surface area contributed by atoms with E-state index < -0.39 is 17.2 Å². The number of ether oxygens (including phenoxy) is 1. The maximum absolute atomic E-state index is 14.8. The molecule has 34 heavy (non-hydrogen) atoms. The van der Waals surface area contributed by atoms with Crippen LogP contribution in [0.3, 0.4) is 0 Å². The smallest absolute Gasteiger partial charge is 0.341 e. The van der Waals surface area contributed by atoms with Gasteiger partial charge in [0, 0.05) is 37.1 Å². The van der Waals surface area contributed by atoms with Crippen LogP contribution in [0.4, 0.5) is 10.1 Å². The van der Waals surface area contributed by atoms with Crippen LogP contribution in [0, 0.1) is 5.82 Å². The van der Waals surface area contributed by atoms with Crippen molar-refractivity contribution in [2.45, 2.75) is 52.7 Å². The molecule has 0 bridgehead atoms. The summed E-state index contributed by atoms with van der Waals surface area (Å²) in [6.45, 7) is 12.9. The van der Waals surface area contributed by atoms with Crippen molar-refractivity contribution >= 4 is 29.3 Å². The monoisotopic (exact) mass is 475 g/mol. The average Bonchev–Trinajstić information content (AvgIpc) is 3.22. The number of hydrogen-bond donors (Lipinski definition) is 3. The summed E-state index contributed by atoms with van der Waals surface area (Å²) in [7, 11) is 0. The van der Waals surface area contributed by atoms with Gasteiger partial charge in [0.1, 0.15) is 17.9 Å². The molecule has 1 aromatic heterocycles. The van der Waals surface area contributed by atoms with Gasteiger partial charge in [-0.25, -0.2) is 9.18 Å². The largest absolute Gasteiger partial charge is 0.487 e. The number of allylic oxidation sites excluding steroid dienone is 1. The van der Waals surface area contributed by atoms with Crippen molar-refractivity contribution in [1.82, 2.24) is 4.57 Å². The van der Waals surface area contributed by atoms with E-state index in [2.05, 4.69) is 11.7 Å². The number of aliphatic imine (C=N–C) groups is 1. The van der Waals surface area contributed by atoms with E-state index in [4.69, 9.17) is 16.2 Å². The summed E-state index contributed by atoms with van der Waals surface area (Å²) in [5.74, 6) is -1.63. The Bertz CT molecular complexity index is 1140. The Balaban J connectivity index is 0.000000350. The number of anilines is 1. The van der Waals surface area contributed by atoms with E-state index in [-0.39, 0.29) is 29.6 Å². The molecule has 0 aliphatic carbocycles. The molecule has 1 saturated heterocycles. The molecule has 2 unspecified atom stereocenters. The molecular formula is C24H34FN5O4. The summed E-state index contributed by atoms with van der Waals surface area (Å²) in [5.41, 5.74) is 11.9. The highest BCUT2D eigenvalue weighted by molar-refractivity contribution is 5.97. The maximum Gasteiger partial charge on any atom is 0.341 e. The summed E-state index contributed by atoms with van der Waals surface area (Å²) in [6, 6.07) is 1.16. The van der Waals surface area contributed by atoms with Crippen LogP contribution in [0.25, 0.3) is 10.9 Å². The first-order valence-corrected chi connectivity index (χ1v) is 11.3. The Morgan fingerprint density at radius 1 is 1.41 bits per heavy atom. The number of aromatic nitrogens is 1. The molecule has 1 aromatic carbocycles. The molecule has 186 valence electrons. The zero-order chi connectivity index (χ0) is 25.6. The van der Waals surface area contributed by atoms with Crippen LogP contribution in [0.5, 0.6) is 5.75 Å². The normalized spacial score (nSPS) is 17.7. The number of hydrogen-bond acceptors (Lipinski definition) is 7. The quantitative estimate of drug-likeness (QED) is 0.578. The summed E-state index contributed by atoms with van der Waals surface area (Å²) < 4.78 is 22.1. The fourth-order valence-electron chi connectivity index (χ4n) is 3.92. The van der Waals surface area contributed by atoms with Gasteiger partial charge in [-0.1, -0.05) is 13.8 Å². The third-order valence-corrected chi connectivity index (χ3v) is 5.35. The Labute approximate surface area is 198 Å². The molecule has 2 aromatic rings. The van der Waals surface area contributed by atoms with Crippen LogP contribution in [0.1, 0.15) is 44.5 Å². The zero-order valence-electron chi connectivity index (χ0n) is 20.2. The highest BCUT2D eigenvalue weighted by Crippen LogP contribution is 2.40. The molecule has 0 spiro atoms. The molecule has 2 atom stereocenters. The first-order valence-electron chi connectivity index (χ1n) is 11.3. The highest BCUT2D eigenvalue weighted by atomic mass is 19.1. The molecule has 1 fully saturated rings. The number of aromatic carboxylic acids is 1. The molecule has 9 nitrogen and oxygen atoms in total. The van der Waals surface area contributed by atoms with Crippen LogP contribution < -0.4 is 26.5 Å². The Morgan fingerprint density at radius 3 is 2.59 bits per heavy atom. The van der Waals surface area contributed by atoms with Gasteiger partial charge in [-0.05, 0) is 39.1 Å². The second-order valence-corrected chi connectivity index (χ2v) is 7.97. The molecule has 2 aliphatic rings. The highest BCUT2D eigenvalue weighted by Gasteiger charge is 2.30. The van der Waals surface area contributed by atoms with Crippen LogP contribution in [-0.2, 0) is 6.54 Å². The maximum atomic E-state index is 14.8. The lowest BCUT2D eigenvalue weighted by atomic mass is 10.1. The van der Waals surface area contributed by atoms with Crippen molar-refractivity contribution in [2.24, 2.45) is 16.5 Å². The number of benzene rings is 1. The van der Waals surface area contributed by atoms with Crippen LogP contribution in [0.15, 0.2) is 33.8 Å². The van der Waals surface area contributed by atoms with E-state index in [0.717, 1.165) is 18.2 Å². The minimum Gasteiger partial charge on any atom is -0.487 e. The van der Waals surface area contributed by atoms with E-state index in [1.54, 1.807) is 4.57 Å². The SMILES string of the molecule is C=N/C(C)=C\C(C)N.CC.NC1CCN(c2c(F)cc3c(=O)c(C(=O)O)cn4c3c2OCC4)C1. The Morgan fingerprint density at radius 2 is 2.09 bits per heavy atom. The number of carboxylic acid groups (broad SMARTS) is 1. The van der Waals surface area contributed by atoms with Crippen molar-refractivity contribution in [1.29, 1.82) is 0 Å². The number of nitrogens with zero attached hydrogens (tertiary/aromatic N) is 3. The summed E-state index contributed by atoms with van der Waals surface area (Å²) >= 11 is 0. The molecule has 0 saturated carbocycles. The van der Waals surface area contributed by atoms with Crippen molar-refractivity contribution in [3.05, 3.63) is 45.6 Å². The predicted molar refractivity (Wildman–Crippen MR) is 134 cm³/mol. The third kappa shape index (κ3) is 5.81. The van der Waals surface area contributed by atoms with E-state index in [1.165, 1.54) is 6.20 Å². The van der Waals surface area contributed by atoms with Crippen molar-refractivity contribution < 1.29 is 19.0 Å². The van der Waals surface area contributed by atoms with Crippen LogP contribution >= 0.6 is 0 Å². The van der Waals surface area contributed by atoms with Gasteiger partial charge in [0.15, 0.2) is 11.6 Å². The number of carboxylic acids is 1. The Kier molecular flexibility index (Phi) is 9.34. The zero-order valence-corrected chi connectivity index (χ0v) is 20.2. The lowest BCUT2D eigenvalue weighted by molar-refractivity contribution is 0.0694. The third-order valence-electron chi connectivity index (χ3n) is 5.35. The first kappa shape index (κ1) is 27.0. The molecular weight excluding hydrogens is 441 g/mol. The summed E-state index contributed by atoms with van der Waals surface area (Å²) in [4.78, 5) is 29.2. The molecule has 2 aliphatic heterocycles. The fraction of sp³-hybridized carbons (Fsp3) is 0.458. The van der Waals surface area contributed by atoms with E-state index in [9.17, 15) is 19.1 Å². The van der Waals surface area contributed by atoms with Crippen LogP contribution in [-0.4, -0.2) is 54.1 Å². The van der Waals surface area contributed by atoms with Gasteiger partial charge in [-0.3, -0.25) is 9.79 Å². The van der Waals surface area contributed by atoms with Gasteiger partial charge >= 0.3 is 5.97 Å². The second-order valence-electron chi connectivity index (χ2n) is 7.97. The topological polar surface area (TPSA) is 136 Å². The molecule has 4 rings (SSSR count). The van der Waals surface area contributed by atoms with Gasteiger partial charge < -0.3 is 30.8 Å². The molecule has 5 N–H and O–H groups in total. The molecule has 3 heterocycles. The average molecular weight is 476 g/mol. The number of rotatable bonds is 4. The summed E-state index contributed by atoms with van der Waals surface area (Å²) in [5, 5.41) is 9.22. The Hall–Kier alpha value is -3.24. The van der Waals surface area contributed by atoms with Crippen LogP contribution in [0.2, 0.25) is 0 Å². The standard InChI is InChI=1S/C16H16FN3O4.C6H12N2.C2H6/c17-11-5-9-12-15(13(11)19-2-1-8(18)6-19)24-4-3-20(12)7-10(14(9)21)16(22)23;1-5(7)4-6(2)8-3;1-2/h5,7-8H,1-4,6,18H2,(H,22,23);4-5H,3,7H2,1-2H3;1-2H3/b;6-4-;. The number of pyridine rings is 1. The molecule has 0 amide bonds. The van der Waals surface area contributed by atoms with E-state index >= 15 is 0 Å². The minimum atomic E-state index is -1.33. The number of halogens is 1. The van der Waals surface area contributed by atoms with Gasteiger partial charge in [0.05, 0.1) is 17.4 Å². The van der Waals surface area contributed by atoms with Crippen molar-refractivity contribution in [3.63, 3.8) is 0 Å².